The first-order valence-electron chi connectivity index (χ1n) is 11.6. The molecule has 0 bridgehead atoms. The van der Waals surface area contributed by atoms with Crippen LogP contribution in [0.3, 0.4) is 0 Å². The molecule has 1 amide bonds. The van der Waals surface area contributed by atoms with Gasteiger partial charge < -0.3 is 15.0 Å². The Morgan fingerprint density at radius 1 is 0.909 bits per heavy atom. The first kappa shape index (κ1) is 21.2. The minimum absolute atomic E-state index is 0.160. The summed E-state index contributed by atoms with van der Waals surface area (Å²) in [5.74, 6) is 2.15. The fourth-order valence-corrected chi connectivity index (χ4v) is 4.34. The number of fused-ring (bicyclic) bond motifs is 1. The van der Waals surface area contributed by atoms with Gasteiger partial charge in [-0.3, -0.25) is 4.79 Å². The van der Waals surface area contributed by atoms with E-state index in [2.05, 4.69) is 34.6 Å². The molecule has 168 valence electrons. The van der Waals surface area contributed by atoms with Crippen LogP contribution in [-0.4, -0.2) is 27.4 Å². The second-order valence-electron chi connectivity index (χ2n) is 8.57. The third-order valence-corrected chi connectivity index (χ3v) is 6.17. The van der Waals surface area contributed by atoms with Gasteiger partial charge in [0.2, 0.25) is 5.91 Å². The van der Waals surface area contributed by atoms with Crippen LogP contribution < -0.4 is 10.1 Å². The summed E-state index contributed by atoms with van der Waals surface area (Å²) in [7, 11) is 0. The molecule has 1 aliphatic rings. The Kier molecular flexibility index (Phi) is 6.33. The number of pyridine rings is 1. The fourth-order valence-electron chi connectivity index (χ4n) is 4.34. The Morgan fingerprint density at radius 2 is 1.73 bits per heavy atom. The number of nitrogens with zero attached hydrogens (tertiary/aromatic N) is 2. The summed E-state index contributed by atoms with van der Waals surface area (Å²) in [6.07, 6.45) is 4.46. The normalized spacial score (nSPS) is 17.1. The number of benzene rings is 2. The maximum absolute atomic E-state index is 11.7. The lowest BCUT2D eigenvalue weighted by atomic mass is 9.93. The van der Waals surface area contributed by atoms with Crippen molar-refractivity contribution in [2.24, 2.45) is 0 Å². The lowest BCUT2D eigenvalue weighted by molar-refractivity contribution is -0.121. The number of rotatable bonds is 5. The van der Waals surface area contributed by atoms with Crippen LogP contribution in [0.25, 0.3) is 22.6 Å². The molecule has 0 radical (unpaired) electrons. The predicted molar refractivity (Wildman–Crippen MR) is 129 cm³/mol. The Hall–Kier alpha value is -3.67. The van der Waals surface area contributed by atoms with E-state index in [1.165, 1.54) is 0 Å². The van der Waals surface area contributed by atoms with Crippen molar-refractivity contribution in [2.75, 3.05) is 6.54 Å². The van der Waals surface area contributed by atoms with E-state index in [0.717, 1.165) is 71.8 Å². The van der Waals surface area contributed by atoms with Crippen LogP contribution in [0.5, 0.6) is 5.75 Å². The van der Waals surface area contributed by atoms with E-state index in [1.54, 1.807) is 0 Å². The highest BCUT2D eigenvalue weighted by atomic mass is 16.5. The number of H-pyrrole nitrogens is 1. The summed E-state index contributed by atoms with van der Waals surface area (Å²) in [4.78, 5) is 24.7. The first-order valence-corrected chi connectivity index (χ1v) is 11.6. The van der Waals surface area contributed by atoms with Gasteiger partial charge in [0, 0.05) is 30.1 Å². The van der Waals surface area contributed by atoms with Crippen LogP contribution in [-0.2, 0) is 11.4 Å². The van der Waals surface area contributed by atoms with Gasteiger partial charge in [0.05, 0.1) is 5.52 Å². The summed E-state index contributed by atoms with van der Waals surface area (Å²) in [6, 6.07) is 22.3. The zero-order valence-electron chi connectivity index (χ0n) is 18.6. The average Bonchev–Trinajstić information content (AvgIpc) is 3.32. The molecule has 0 spiro atoms. The molecule has 1 unspecified atom stereocenters. The average molecular weight is 441 g/mol. The van der Waals surface area contributed by atoms with Gasteiger partial charge in [0.15, 0.2) is 5.65 Å². The molecule has 1 fully saturated rings. The SMILES string of the molecule is O=C1CCCC(c2ccc3[nH]c(-c4ccc(OCc5ccccc5)cc4)nc3n2)CCCN1. The zero-order valence-corrected chi connectivity index (χ0v) is 18.6. The number of aromatic amines is 1. The summed E-state index contributed by atoms with van der Waals surface area (Å²) in [5.41, 5.74) is 4.87. The molecule has 4 aromatic rings. The summed E-state index contributed by atoms with van der Waals surface area (Å²) >= 11 is 0. The number of carbonyl (C=O) groups is 1. The third kappa shape index (κ3) is 5.22. The Bertz CT molecular complexity index is 1220. The molecule has 1 saturated heterocycles. The van der Waals surface area contributed by atoms with Gasteiger partial charge in [0.1, 0.15) is 18.2 Å². The second-order valence-corrected chi connectivity index (χ2v) is 8.57. The highest BCUT2D eigenvalue weighted by Crippen LogP contribution is 2.29. The van der Waals surface area contributed by atoms with Crippen molar-refractivity contribution in [1.82, 2.24) is 20.3 Å². The second kappa shape index (κ2) is 9.86. The van der Waals surface area contributed by atoms with Crippen molar-refractivity contribution in [3.63, 3.8) is 0 Å². The van der Waals surface area contributed by atoms with Crippen molar-refractivity contribution < 1.29 is 9.53 Å². The molecule has 33 heavy (non-hydrogen) atoms. The lowest BCUT2D eigenvalue weighted by Gasteiger charge is -2.14. The lowest BCUT2D eigenvalue weighted by Crippen LogP contribution is -2.23. The van der Waals surface area contributed by atoms with Gasteiger partial charge in [-0.05, 0) is 67.6 Å². The molecule has 0 saturated carbocycles. The minimum Gasteiger partial charge on any atom is -0.489 e. The number of hydrogen-bond acceptors (Lipinski definition) is 4. The molecule has 2 N–H and O–H groups in total. The molecule has 2 aromatic heterocycles. The van der Waals surface area contributed by atoms with Gasteiger partial charge >= 0.3 is 0 Å². The van der Waals surface area contributed by atoms with Crippen molar-refractivity contribution in [3.8, 4) is 17.1 Å². The number of ether oxygens (including phenoxy) is 1. The zero-order chi connectivity index (χ0) is 22.5. The number of amides is 1. The maximum Gasteiger partial charge on any atom is 0.219 e. The summed E-state index contributed by atoms with van der Waals surface area (Å²) < 4.78 is 5.89. The van der Waals surface area contributed by atoms with Crippen molar-refractivity contribution in [2.45, 2.75) is 44.6 Å². The Labute approximate surface area is 193 Å². The number of carbonyl (C=O) groups excluding carboxylic acids is 1. The molecule has 6 nitrogen and oxygen atoms in total. The van der Waals surface area contributed by atoms with Gasteiger partial charge in [0.25, 0.3) is 0 Å². The molecular weight excluding hydrogens is 412 g/mol. The standard InChI is InChI=1S/C27H28N4O2/c32-25-10-4-8-20(9-5-17-28-25)23-15-16-24-27(29-23)31-26(30-24)21-11-13-22(14-12-21)33-18-19-6-2-1-3-7-19/h1-3,6-7,11-16,20H,4-5,8-10,17-18H2,(H,28,32)(H,29,30,31). The van der Waals surface area contributed by atoms with Crippen LogP contribution >= 0.6 is 0 Å². The van der Waals surface area contributed by atoms with Crippen LogP contribution in [0.15, 0.2) is 66.7 Å². The summed E-state index contributed by atoms with van der Waals surface area (Å²) in [6.45, 7) is 1.29. The van der Waals surface area contributed by atoms with E-state index < -0.39 is 0 Å². The molecule has 5 rings (SSSR count). The molecule has 1 aliphatic heterocycles. The predicted octanol–water partition coefficient (Wildman–Crippen LogP) is 5.37. The monoisotopic (exact) mass is 440 g/mol. The van der Waals surface area contributed by atoms with Gasteiger partial charge in [-0.15, -0.1) is 0 Å². The maximum atomic E-state index is 11.7. The topological polar surface area (TPSA) is 79.9 Å². The van der Waals surface area contributed by atoms with E-state index in [1.807, 2.05) is 42.5 Å². The van der Waals surface area contributed by atoms with Crippen LogP contribution in [0, 0.1) is 0 Å². The van der Waals surface area contributed by atoms with E-state index in [0.29, 0.717) is 18.9 Å². The van der Waals surface area contributed by atoms with Crippen LogP contribution in [0.4, 0.5) is 0 Å². The van der Waals surface area contributed by atoms with Crippen LogP contribution in [0.2, 0.25) is 0 Å². The molecule has 2 aromatic carbocycles. The number of imidazole rings is 1. The molecule has 3 heterocycles. The van der Waals surface area contributed by atoms with Gasteiger partial charge in [-0.1, -0.05) is 30.3 Å². The third-order valence-electron chi connectivity index (χ3n) is 6.17. The minimum atomic E-state index is 0.160. The van der Waals surface area contributed by atoms with Crippen LogP contribution in [0.1, 0.15) is 49.3 Å². The number of nitrogens with one attached hydrogen (secondary N) is 2. The van der Waals surface area contributed by atoms with Crippen molar-refractivity contribution in [1.29, 1.82) is 0 Å². The molecule has 1 atom stereocenters. The highest BCUT2D eigenvalue weighted by Gasteiger charge is 2.17. The quantitative estimate of drug-likeness (QED) is 0.437. The fraction of sp³-hybridized carbons (Fsp3) is 0.296. The van der Waals surface area contributed by atoms with E-state index in [4.69, 9.17) is 14.7 Å². The molecule has 6 heteroatoms. The molecule has 0 aliphatic carbocycles. The largest absolute Gasteiger partial charge is 0.489 e. The van der Waals surface area contributed by atoms with E-state index in [-0.39, 0.29) is 5.91 Å². The van der Waals surface area contributed by atoms with Gasteiger partial charge in [-0.25, -0.2) is 9.97 Å². The first-order chi connectivity index (χ1) is 16.2. The molecular formula is C27H28N4O2. The van der Waals surface area contributed by atoms with E-state index >= 15 is 0 Å². The number of aromatic nitrogens is 3. The van der Waals surface area contributed by atoms with Crippen molar-refractivity contribution >= 4 is 17.1 Å². The Morgan fingerprint density at radius 3 is 2.58 bits per heavy atom. The highest BCUT2D eigenvalue weighted by molar-refractivity contribution is 5.76. The smallest absolute Gasteiger partial charge is 0.219 e. The van der Waals surface area contributed by atoms with Gasteiger partial charge in [-0.2, -0.15) is 0 Å². The summed E-state index contributed by atoms with van der Waals surface area (Å²) in [5, 5.41) is 2.98. The van der Waals surface area contributed by atoms with E-state index in [9.17, 15) is 4.79 Å². The number of hydrogen-bond donors (Lipinski definition) is 2. The van der Waals surface area contributed by atoms with Crippen molar-refractivity contribution in [3.05, 3.63) is 78.0 Å². The Balaban J connectivity index is 1.29.